The fourth-order valence-corrected chi connectivity index (χ4v) is 3.57. The van der Waals surface area contributed by atoms with Gasteiger partial charge in [0.05, 0.1) is 0 Å². The highest BCUT2D eigenvalue weighted by molar-refractivity contribution is 9.09. The number of likely N-dealkylation sites (tertiary alicyclic amines) is 1. The van der Waals surface area contributed by atoms with Crippen LogP contribution in [0.1, 0.15) is 65.2 Å². The third kappa shape index (κ3) is 4.56. The molecule has 0 spiro atoms. The first kappa shape index (κ1) is 16.0. The SMILES string of the molecule is CCCC(CCC)C(=O)N1CCCCC1CCBr. The molecule has 1 saturated heterocycles. The van der Waals surface area contributed by atoms with Gasteiger partial charge in [-0.15, -0.1) is 0 Å². The van der Waals surface area contributed by atoms with Gasteiger partial charge in [0.1, 0.15) is 0 Å². The van der Waals surface area contributed by atoms with E-state index in [-0.39, 0.29) is 5.92 Å². The van der Waals surface area contributed by atoms with Gasteiger partial charge in [0.25, 0.3) is 0 Å². The molecular weight excluding hydrogens is 290 g/mol. The van der Waals surface area contributed by atoms with Crippen molar-refractivity contribution in [3.8, 4) is 0 Å². The van der Waals surface area contributed by atoms with Crippen LogP contribution in [0, 0.1) is 5.92 Å². The molecule has 1 unspecified atom stereocenters. The Morgan fingerprint density at radius 2 is 1.94 bits per heavy atom. The summed E-state index contributed by atoms with van der Waals surface area (Å²) in [6.07, 6.45) is 9.14. The standard InChI is InChI=1S/C15H28BrNO/c1-3-7-13(8-4-2)15(18)17-12-6-5-9-14(17)10-11-16/h13-14H,3-12H2,1-2H3. The first-order valence-corrected chi connectivity index (χ1v) is 8.73. The van der Waals surface area contributed by atoms with Gasteiger partial charge in [0, 0.05) is 23.8 Å². The van der Waals surface area contributed by atoms with Crippen LogP contribution < -0.4 is 0 Å². The van der Waals surface area contributed by atoms with Crippen LogP contribution in [-0.4, -0.2) is 28.7 Å². The monoisotopic (exact) mass is 317 g/mol. The van der Waals surface area contributed by atoms with Crippen LogP contribution in [-0.2, 0) is 4.79 Å². The Labute approximate surface area is 121 Å². The summed E-state index contributed by atoms with van der Waals surface area (Å²) in [6.45, 7) is 5.35. The predicted molar refractivity (Wildman–Crippen MR) is 81.1 cm³/mol. The van der Waals surface area contributed by atoms with E-state index in [1.165, 1.54) is 19.3 Å². The fourth-order valence-electron chi connectivity index (χ4n) is 3.04. The van der Waals surface area contributed by atoms with Crippen LogP contribution in [0.2, 0.25) is 0 Å². The van der Waals surface area contributed by atoms with Crippen LogP contribution in [0.25, 0.3) is 0 Å². The maximum absolute atomic E-state index is 12.7. The number of hydrogen-bond acceptors (Lipinski definition) is 1. The average molecular weight is 318 g/mol. The second-order valence-electron chi connectivity index (χ2n) is 5.43. The molecule has 18 heavy (non-hydrogen) atoms. The molecule has 0 N–H and O–H groups in total. The van der Waals surface area contributed by atoms with Crippen LogP contribution >= 0.6 is 15.9 Å². The van der Waals surface area contributed by atoms with E-state index in [9.17, 15) is 4.79 Å². The fraction of sp³-hybridized carbons (Fsp3) is 0.933. The molecule has 0 aromatic rings. The van der Waals surface area contributed by atoms with Gasteiger partial charge in [-0.25, -0.2) is 0 Å². The number of amides is 1. The molecule has 0 aromatic carbocycles. The Bertz CT molecular complexity index is 237. The van der Waals surface area contributed by atoms with Crippen molar-refractivity contribution in [2.45, 2.75) is 71.3 Å². The molecule has 0 radical (unpaired) electrons. The van der Waals surface area contributed by atoms with Gasteiger partial charge in [-0.05, 0) is 38.5 Å². The number of rotatable bonds is 7. The molecular formula is C15H28BrNO. The predicted octanol–water partition coefficient (Wildman–Crippen LogP) is 4.37. The molecule has 0 aliphatic carbocycles. The molecule has 0 aromatic heterocycles. The summed E-state index contributed by atoms with van der Waals surface area (Å²) >= 11 is 3.52. The maximum atomic E-state index is 12.7. The summed E-state index contributed by atoms with van der Waals surface area (Å²) in [5, 5.41) is 1.01. The Kier molecular flexibility index (Phi) is 7.96. The van der Waals surface area contributed by atoms with Crippen LogP contribution in [0.5, 0.6) is 0 Å². The van der Waals surface area contributed by atoms with Crippen LogP contribution in [0.3, 0.4) is 0 Å². The zero-order valence-electron chi connectivity index (χ0n) is 12.0. The number of piperidine rings is 1. The number of halogens is 1. The van der Waals surface area contributed by atoms with Crippen molar-refractivity contribution in [2.24, 2.45) is 5.92 Å². The van der Waals surface area contributed by atoms with E-state index in [4.69, 9.17) is 0 Å². The summed E-state index contributed by atoms with van der Waals surface area (Å²) in [6, 6.07) is 0.488. The van der Waals surface area contributed by atoms with Crippen molar-refractivity contribution >= 4 is 21.8 Å². The summed E-state index contributed by atoms with van der Waals surface area (Å²) in [5.41, 5.74) is 0. The Morgan fingerprint density at radius 3 is 2.50 bits per heavy atom. The Morgan fingerprint density at radius 1 is 1.28 bits per heavy atom. The third-order valence-corrected chi connectivity index (χ3v) is 4.43. The molecule has 0 saturated carbocycles. The summed E-state index contributed by atoms with van der Waals surface area (Å²) in [5.74, 6) is 0.709. The smallest absolute Gasteiger partial charge is 0.225 e. The van der Waals surface area contributed by atoms with Crippen molar-refractivity contribution in [1.29, 1.82) is 0 Å². The minimum absolute atomic E-state index is 0.274. The molecule has 1 heterocycles. The van der Waals surface area contributed by atoms with Gasteiger partial charge >= 0.3 is 0 Å². The summed E-state index contributed by atoms with van der Waals surface area (Å²) in [7, 11) is 0. The average Bonchev–Trinajstić information content (AvgIpc) is 2.39. The Hall–Kier alpha value is -0.0500. The molecule has 106 valence electrons. The number of carbonyl (C=O) groups is 1. The van der Waals surface area contributed by atoms with Gasteiger partial charge < -0.3 is 4.90 Å². The van der Waals surface area contributed by atoms with E-state index in [1.807, 2.05) is 0 Å². The van der Waals surface area contributed by atoms with E-state index in [1.54, 1.807) is 0 Å². The third-order valence-electron chi connectivity index (χ3n) is 3.98. The van der Waals surface area contributed by atoms with Gasteiger partial charge in [0.2, 0.25) is 5.91 Å². The molecule has 3 heteroatoms. The molecule has 1 aliphatic rings. The van der Waals surface area contributed by atoms with Crippen LogP contribution in [0.15, 0.2) is 0 Å². The lowest BCUT2D eigenvalue weighted by Gasteiger charge is -2.38. The topological polar surface area (TPSA) is 20.3 Å². The molecule has 2 nitrogen and oxygen atoms in total. The molecule has 0 bridgehead atoms. The van der Waals surface area contributed by atoms with Crippen molar-refractivity contribution in [3.05, 3.63) is 0 Å². The second-order valence-corrected chi connectivity index (χ2v) is 6.23. The second kappa shape index (κ2) is 8.95. The van der Waals surface area contributed by atoms with E-state index in [0.29, 0.717) is 11.9 Å². The van der Waals surface area contributed by atoms with Crippen molar-refractivity contribution in [1.82, 2.24) is 4.90 Å². The normalized spacial score (nSPS) is 20.4. The minimum atomic E-state index is 0.274. The lowest BCUT2D eigenvalue weighted by atomic mass is 9.93. The van der Waals surface area contributed by atoms with E-state index >= 15 is 0 Å². The zero-order chi connectivity index (χ0) is 13.4. The first-order valence-electron chi connectivity index (χ1n) is 7.61. The number of hydrogen-bond donors (Lipinski definition) is 0. The summed E-state index contributed by atoms with van der Waals surface area (Å²) < 4.78 is 0. The van der Waals surface area contributed by atoms with Gasteiger partial charge in [-0.2, -0.15) is 0 Å². The molecule has 1 atom stereocenters. The van der Waals surface area contributed by atoms with E-state index < -0.39 is 0 Å². The van der Waals surface area contributed by atoms with Gasteiger partial charge in [0.15, 0.2) is 0 Å². The zero-order valence-corrected chi connectivity index (χ0v) is 13.5. The number of carbonyl (C=O) groups excluding carboxylic acids is 1. The largest absolute Gasteiger partial charge is 0.339 e. The highest BCUT2D eigenvalue weighted by Gasteiger charge is 2.30. The highest BCUT2D eigenvalue weighted by atomic mass is 79.9. The Balaban J connectivity index is 2.64. The molecule has 1 amide bonds. The maximum Gasteiger partial charge on any atom is 0.225 e. The lowest BCUT2D eigenvalue weighted by Crippen LogP contribution is -2.46. The van der Waals surface area contributed by atoms with E-state index in [2.05, 4.69) is 34.7 Å². The molecule has 1 fully saturated rings. The van der Waals surface area contributed by atoms with Crippen molar-refractivity contribution < 1.29 is 4.79 Å². The number of alkyl halides is 1. The first-order chi connectivity index (χ1) is 8.74. The molecule has 1 rings (SSSR count). The van der Waals surface area contributed by atoms with Crippen LogP contribution in [0.4, 0.5) is 0 Å². The van der Waals surface area contributed by atoms with Gasteiger partial charge in [-0.1, -0.05) is 42.6 Å². The van der Waals surface area contributed by atoms with Crippen molar-refractivity contribution in [2.75, 3.05) is 11.9 Å². The molecule has 1 aliphatic heterocycles. The summed E-state index contributed by atoms with van der Waals surface area (Å²) in [4.78, 5) is 14.9. The highest BCUT2D eigenvalue weighted by Crippen LogP contribution is 2.25. The quantitative estimate of drug-likeness (QED) is 0.638. The van der Waals surface area contributed by atoms with Crippen molar-refractivity contribution in [3.63, 3.8) is 0 Å². The van der Waals surface area contributed by atoms with Gasteiger partial charge in [-0.3, -0.25) is 4.79 Å². The lowest BCUT2D eigenvalue weighted by molar-refractivity contribution is -0.139. The van der Waals surface area contributed by atoms with E-state index in [0.717, 1.165) is 44.0 Å². The minimum Gasteiger partial charge on any atom is -0.339 e. The number of nitrogens with zero attached hydrogens (tertiary/aromatic N) is 1.